The van der Waals surface area contributed by atoms with Gasteiger partial charge in [0.05, 0.1) is 0 Å². The molecule has 4 heteroatoms. The minimum atomic E-state index is 0.0719. The largest absolute Gasteiger partial charge is 0.345 e. The van der Waals surface area contributed by atoms with E-state index < -0.39 is 0 Å². The van der Waals surface area contributed by atoms with Crippen LogP contribution in [0.2, 0.25) is 0 Å². The number of carbonyl (C=O) groups is 1. The zero-order chi connectivity index (χ0) is 12.8. The van der Waals surface area contributed by atoms with E-state index >= 15 is 0 Å². The van der Waals surface area contributed by atoms with Gasteiger partial charge < -0.3 is 10.3 Å². The van der Waals surface area contributed by atoms with Gasteiger partial charge in [-0.05, 0) is 30.7 Å². The molecular weight excluding hydrogens is 226 g/mol. The molecule has 1 amide bonds. The number of aromatic nitrogens is 2. The van der Waals surface area contributed by atoms with Crippen LogP contribution >= 0.6 is 0 Å². The smallest absolute Gasteiger partial charge is 0.224 e. The highest BCUT2D eigenvalue weighted by Crippen LogP contribution is 2.17. The van der Waals surface area contributed by atoms with Crippen LogP contribution in [0.1, 0.15) is 26.2 Å². The van der Waals surface area contributed by atoms with Gasteiger partial charge in [0.1, 0.15) is 5.82 Å². The topological polar surface area (TPSA) is 57.8 Å². The normalized spacial score (nSPS) is 10.3. The Balaban J connectivity index is 1.98. The van der Waals surface area contributed by atoms with Gasteiger partial charge in [-0.2, -0.15) is 0 Å². The molecule has 0 aliphatic rings. The molecule has 1 aromatic heterocycles. The Hall–Kier alpha value is -2.10. The van der Waals surface area contributed by atoms with Crippen molar-refractivity contribution < 1.29 is 4.79 Å². The molecule has 0 saturated heterocycles. The number of imidazole rings is 1. The average Bonchev–Trinajstić information content (AvgIpc) is 2.91. The molecule has 94 valence electrons. The van der Waals surface area contributed by atoms with E-state index in [1.54, 1.807) is 12.4 Å². The molecule has 18 heavy (non-hydrogen) atoms. The standard InChI is InChI=1S/C14H17N3O/c1-2-3-4-13(18)17-12-7-5-11(6-8-12)14-15-9-10-16-14/h5-10H,2-4H2,1H3,(H,15,16)(H,17,18). The lowest BCUT2D eigenvalue weighted by Gasteiger charge is -2.05. The predicted octanol–water partition coefficient (Wildman–Crippen LogP) is 3.21. The van der Waals surface area contributed by atoms with Gasteiger partial charge in [0.25, 0.3) is 0 Å². The lowest BCUT2D eigenvalue weighted by Crippen LogP contribution is -2.10. The molecular formula is C14H17N3O. The average molecular weight is 243 g/mol. The summed E-state index contributed by atoms with van der Waals surface area (Å²) in [6.07, 6.45) is 6.04. The molecule has 1 aromatic carbocycles. The molecule has 0 bridgehead atoms. The molecule has 2 rings (SSSR count). The van der Waals surface area contributed by atoms with Gasteiger partial charge >= 0.3 is 0 Å². The first-order chi connectivity index (χ1) is 8.79. The molecule has 0 unspecified atom stereocenters. The number of anilines is 1. The van der Waals surface area contributed by atoms with Gasteiger partial charge in [-0.25, -0.2) is 4.98 Å². The van der Waals surface area contributed by atoms with Crippen LogP contribution in [0.25, 0.3) is 11.4 Å². The zero-order valence-corrected chi connectivity index (χ0v) is 10.4. The molecule has 1 heterocycles. The first kappa shape index (κ1) is 12.4. The summed E-state index contributed by atoms with van der Waals surface area (Å²) in [5.74, 6) is 0.904. The fourth-order valence-corrected chi connectivity index (χ4v) is 1.70. The summed E-state index contributed by atoms with van der Waals surface area (Å²) in [7, 11) is 0. The summed E-state index contributed by atoms with van der Waals surface area (Å²) in [5, 5.41) is 2.88. The molecule has 0 atom stereocenters. The minimum Gasteiger partial charge on any atom is -0.345 e. The van der Waals surface area contributed by atoms with Crippen molar-refractivity contribution in [3.63, 3.8) is 0 Å². The van der Waals surface area contributed by atoms with Crippen molar-refractivity contribution in [1.29, 1.82) is 0 Å². The van der Waals surface area contributed by atoms with Gasteiger partial charge in [-0.15, -0.1) is 0 Å². The number of carbonyl (C=O) groups excluding carboxylic acids is 1. The number of aromatic amines is 1. The summed E-state index contributed by atoms with van der Waals surface area (Å²) >= 11 is 0. The van der Waals surface area contributed by atoms with E-state index in [9.17, 15) is 4.79 Å². The second kappa shape index (κ2) is 6.00. The fraction of sp³-hybridized carbons (Fsp3) is 0.286. The highest BCUT2D eigenvalue weighted by atomic mass is 16.1. The van der Waals surface area contributed by atoms with Gasteiger partial charge in [0, 0.05) is 30.1 Å². The van der Waals surface area contributed by atoms with E-state index in [4.69, 9.17) is 0 Å². The van der Waals surface area contributed by atoms with Crippen molar-refractivity contribution in [1.82, 2.24) is 9.97 Å². The summed E-state index contributed by atoms with van der Waals surface area (Å²) in [5.41, 5.74) is 1.83. The monoisotopic (exact) mass is 243 g/mol. The molecule has 0 fully saturated rings. The fourth-order valence-electron chi connectivity index (χ4n) is 1.70. The lowest BCUT2D eigenvalue weighted by molar-refractivity contribution is -0.116. The summed E-state index contributed by atoms with van der Waals surface area (Å²) in [6.45, 7) is 2.07. The summed E-state index contributed by atoms with van der Waals surface area (Å²) < 4.78 is 0. The molecule has 0 radical (unpaired) electrons. The molecule has 0 saturated carbocycles. The maximum absolute atomic E-state index is 11.6. The third kappa shape index (κ3) is 3.20. The number of unbranched alkanes of at least 4 members (excludes halogenated alkanes) is 1. The molecule has 0 spiro atoms. The van der Waals surface area contributed by atoms with Crippen LogP contribution in [0, 0.1) is 0 Å². The number of benzene rings is 1. The van der Waals surface area contributed by atoms with Crippen LogP contribution < -0.4 is 5.32 Å². The van der Waals surface area contributed by atoms with Gasteiger partial charge in [0.15, 0.2) is 0 Å². The van der Waals surface area contributed by atoms with E-state index in [0.717, 1.165) is 29.9 Å². The number of rotatable bonds is 5. The van der Waals surface area contributed by atoms with Crippen molar-refractivity contribution >= 4 is 11.6 Å². The van der Waals surface area contributed by atoms with Crippen LogP contribution in [0.15, 0.2) is 36.7 Å². The van der Waals surface area contributed by atoms with E-state index in [0.29, 0.717) is 6.42 Å². The lowest BCUT2D eigenvalue weighted by atomic mass is 10.2. The van der Waals surface area contributed by atoms with Crippen LogP contribution in [0.3, 0.4) is 0 Å². The van der Waals surface area contributed by atoms with Crippen molar-refractivity contribution in [2.75, 3.05) is 5.32 Å². The Kier molecular flexibility index (Phi) is 4.12. The van der Waals surface area contributed by atoms with Gasteiger partial charge in [-0.1, -0.05) is 13.3 Å². The maximum atomic E-state index is 11.6. The highest BCUT2D eigenvalue weighted by Gasteiger charge is 2.03. The second-order valence-electron chi connectivity index (χ2n) is 4.17. The third-order valence-corrected chi connectivity index (χ3v) is 2.70. The molecule has 4 nitrogen and oxygen atoms in total. The Morgan fingerprint density at radius 1 is 1.33 bits per heavy atom. The van der Waals surface area contributed by atoms with Crippen LogP contribution in [0.4, 0.5) is 5.69 Å². The molecule has 0 aliphatic heterocycles. The Labute approximate surface area is 106 Å². The summed E-state index contributed by atoms with van der Waals surface area (Å²) in [4.78, 5) is 18.8. The van der Waals surface area contributed by atoms with Crippen molar-refractivity contribution in [2.45, 2.75) is 26.2 Å². The molecule has 2 aromatic rings. The number of hydrogen-bond donors (Lipinski definition) is 2. The molecule has 0 aliphatic carbocycles. The van der Waals surface area contributed by atoms with Crippen LogP contribution in [-0.2, 0) is 4.79 Å². The minimum absolute atomic E-state index is 0.0719. The predicted molar refractivity (Wildman–Crippen MR) is 72.2 cm³/mol. The zero-order valence-electron chi connectivity index (χ0n) is 10.4. The molecule has 2 N–H and O–H groups in total. The van der Waals surface area contributed by atoms with E-state index in [2.05, 4.69) is 22.2 Å². The van der Waals surface area contributed by atoms with E-state index in [1.807, 2.05) is 24.3 Å². The number of hydrogen-bond acceptors (Lipinski definition) is 2. The Morgan fingerprint density at radius 3 is 2.72 bits per heavy atom. The number of nitrogens with one attached hydrogen (secondary N) is 2. The quantitative estimate of drug-likeness (QED) is 0.847. The number of H-pyrrole nitrogens is 1. The SMILES string of the molecule is CCCCC(=O)Nc1ccc(-c2ncc[nH]2)cc1. The number of amides is 1. The first-order valence-electron chi connectivity index (χ1n) is 6.19. The Morgan fingerprint density at radius 2 is 2.11 bits per heavy atom. The van der Waals surface area contributed by atoms with Gasteiger partial charge in [-0.3, -0.25) is 4.79 Å². The van der Waals surface area contributed by atoms with Crippen molar-refractivity contribution in [3.8, 4) is 11.4 Å². The van der Waals surface area contributed by atoms with Gasteiger partial charge in [0.2, 0.25) is 5.91 Å². The Bertz CT molecular complexity index is 488. The summed E-state index contributed by atoms with van der Waals surface area (Å²) in [6, 6.07) is 7.66. The third-order valence-electron chi connectivity index (χ3n) is 2.70. The highest BCUT2D eigenvalue weighted by molar-refractivity contribution is 5.90. The second-order valence-corrected chi connectivity index (χ2v) is 4.17. The van der Waals surface area contributed by atoms with Crippen molar-refractivity contribution in [2.24, 2.45) is 0 Å². The van der Waals surface area contributed by atoms with Crippen LogP contribution in [-0.4, -0.2) is 15.9 Å². The van der Waals surface area contributed by atoms with Crippen LogP contribution in [0.5, 0.6) is 0 Å². The van der Waals surface area contributed by atoms with E-state index in [1.165, 1.54) is 0 Å². The number of nitrogens with zero attached hydrogens (tertiary/aromatic N) is 1. The first-order valence-corrected chi connectivity index (χ1v) is 6.19. The van der Waals surface area contributed by atoms with Crippen molar-refractivity contribution in [3.05, 3.63) is 36.7 Å². The van der Waals surface area contributed by atoms with E-state index in [-0.39, 0.29) is 5.91 Å². The maximum Gasteiger partial charge on any atom is 0.224 e.